The second kappa shape index (κ2) is 4.42. The van der Waals surface area contributed by atoms with Crippen LogP contribution in [0.25, 0.3) is 10.9 Å². The van der Waals surface area contributed by atoms with Crippen molar-refractivity contribution in [1.29, 1.82) is 0 Å². The number of likely N-dealkylation sites (tertiary alicyclic amines) is 1. The highest BCUT2D eigenvalue weighted by molar-refractivity contribution is 6.10. The van der Waals surface area contributed by atoms with Gasteiger partial charge in [-0.05, 0) is 32.5 Å². The highest BCUT2D eigenvalue weighted by Crippen LogP contribution is 2.26. The number of Topliss-reactive ketones (excluding diaryl/α,β-unsaturated/α-hetero) is 1. The van der Waals surface area contributed by atoms with Gasteiger partial charge in [-0.15, -0.1) is 0 Å². The molecule has 5 heteroatoms. The fourth-order valence-electron chi connectivity index (χ4n) is 2.78. The molecule has 3 nitrogen and oxygen atoms in total. The van der Waals surface area contributed by atoms with Crippen LogP contribution in [0.2, 0.25) is 0 Å². The third-order valence-corrected chi connectivity index (χ3v) is 3.79. The van der Waals surface area contributed by atoms with E-state index in [1.807, 2.05) is 11.9 Å². The average Bonchev–Trinajstić information content (AvgIpc) is 2.94. The summed E-state index contributed by atoms with van der Waals surface area (Å²) in [5.74, 6) is -1.41. The minimum atomic E-state index is -0.672. The second-order valence-electron chi connectivity index (χ2n) is 5.02. The number of aromatic amines is 1. The largest absolute Gasteiger partial charge is 0.358 e. The van der Waals surface area contributed by atoms with Crippen molar-refractivity contribution < 1.29 is 13.6 Å². The van der Waals surface area contributed by atoms with E-state index in [1.165, 1.54) is 12.3 Å². The predicted molar refractivity (Wildman–Crippen MR) is 68.2 cm³/mol. The number of rotatable bonds is 2. The van der Waals surface area contributed by atoms with Crippen LogP contribution in [-0.2, 0) is 0 Å². The van der Waals surface area contributed by atoms with Crippen molar-refractivity contribution in [3.8, 4) is 0 Å². The van der Waals surface area contributed by atoms with Gasteiger partial charge >= 0.3 is 0 Å². The SMILES string of the molecule is CN1CCC[C@H]1C(=O)c1c[nH]c2c(F)cc(F)cc12. The third kappa shape index (κ3) is 1.94. The zero-order valence-corrected chi connectivity index (χ0v) is 10.5. The van der Waals surface area contributed by atoms with E-state index < -0.39 is 11.6 Å². The maximum Gasteiger partial charge on any atom is 0.182 e. The number of hydrogen-bond acceptors (Lipinski definition) is 2. The van der Waals surface area contributed by atoms with E-state index in [0.29, 0.717) is 10.9 Å². The average molecular weight is 264 g/mol. The molecule has 0 bridgehead atoms. The number of nitrogens with one attached hydrogen (secondary N) is 1. The maximum atomic E-state index is 13.6. The van der Waals surface area contributed by atoms with E-state index in [4.69, 9.17) is 0 Å². The van der Waals surface area contributed by atoms with Crippen LogP contribution in [0.3, 0.4) is 0 Å². The molecule has 1 atom stereocenters. The van der Waals surface area contributed by atoms with Crippen molar-refractivity contribution in [1.82, 2.24) is 9.88 Å². The lowest BCUT2D eigenvalue weighted by atomic mass is 10.0. The van der Waals surface area contributed by atoms with Crippen molar-refractivity contribution in [2.45, 2.75) is 18.9 Å². The van der Waals surface area contributed by atoms with Crippen molar-refractivity contribution in [3.05, 3.63) is 35.5 Å². The number of likely N-dealkylation sites (N-methyl/N-ethyl adjacent to an activating group) is 1. The minimum absolute atomic E-state index is 0.0729. The summed E-state index contributed by atoms with van der Waals surface area (Å²) in [5, 5.41) is 0.322. The first-order chi connectivity index (χ1) is 9.08. The number of carbonyl (C=O) groups excluding carboxylic acids is 1. The number of carbonyl (C=O) groups is 1. The standard InChI is InChI=1S/C14H14F2N2O/c1-18-4-2-3-12(18)14(19)10-7-17-13-9(10)5-8(15)6-11(13)16/h5-7,12,17H,2-4H2,1H3/t12-/m0/s1. The molecule has 1 aliphatic rings. The number of hydrogen-bond donors (Lipinski definition) is 1. The van der Waals surface area contributed by atoms with E-state index in [1.54, 1.807) is 0 Å². The molecular weight excluding hydrogens is 250 g/mol. The number of benzene rings is 1. The Balaban J connectivity index is 2.08. The number of aromatic nitrogens is 1. The number of halogens is 2. The molecule has 0 radical (unpaired) electrons. The molecule has 1 aliphatic heterocycles. The summed E-state index contributed by atoms with van der Waals surface area (Å²) in [6.07, 6.45) is 3.24. The minimum Gasteiger partial charge on any atom is -0.358 e. The molecule has 0 spiro atoms. The first-order valence-electron chi connectivity index (χ1n) is 6.28. The van der Waals surface area contributed by atoms with E-state index in [-0.39, 0.29) is 17.3 Å². The van der Waals surface area contributed by atoms with Crippen LogP contribution in [0, 0.1) is 11.6 Å². The van der Waals surface area contributed by atoms with Gasteiger partial charge < -0.3 is 4.98 Å². The quantitative estimate of drug-likeness (QED) is 0.847. The van der Waals surface area contributed by atoms with Crippen LogP contribution in [0.5, 0.6) is 0 Å². The van der Waals surface area contributed by atoms with Crippen molar-refractivity contribution in [3.63, 3.8) is 0 Å². The Labute approximate surface area is 109 Å². The second-order valence-corrected chi connectivity index (χ2v) is 5.02. The molecule has 3 rings (SSSR count). The van der Waals surface area contributed by atoms with Crippen LogP contribution >= 0.6 is 0 Å². The van der Waals surface area contributed by atoms with Gasteiger partial charge in [-0.2, -0.15) is 0 Å². The fraction of sp³-hybridized carbons (Fsp3) is 0.357. The summed E-state index contributed by atoms with van der Waals surface area (Å²) < 4.78 is 26.9. The Hall–Kier alpha value is -1.75. The van der Waals surface area contributed by atoms with Gasteiger partial charge in [0.1, 0.15) is 11.6 Å². The Bertz CT molecular complexity index is 650. The van der Waals surface area contributed by atoms with Gasteiger partial charge in [-0.25, -0.2) is 8.78 Å². The van der Waals surface area contributed by atoms with Gasteiger partial charge in [0.05, 0.1) is 11.6 Å². The lowest BCUT2D eigenvalue weighted by molar-refractivity contribution is 0.0892. The topological polar surface area (TPSA) is 36.1 Å². The Morgan fingerprint density at radius 1 is 1.42 bits per heavy atom. The number of ketones is 1. The predicted octanol–water partition coefficient (Wildman–Crippen LogP) is 2.72. The first-order valence-corrected chi connectivity index (χ1v) is 6.28. The van der Waals surface area contributed by atoms with Crippen molar-refractivity contribution >= 4 is 16.7 Å². The Morgan fingerprint density at radius 3 is 2.89 bits per heavy atom. The van der Waals surface area contributed by atoms with Gasteiger partial charge in [0.15, 0.2) is 5.78 Å². The number of fused-ring (bicyclic) bond motifs is 1. The maximum absolute atomic E-state index is 13.6. The zero-order valence-electron chi connectivity index (χ0n) is 10.5. The summed E-state index contributed by atoms with van der Waals surface area (Å²) in [6.45, 7) is 0.876. The highest BCUT2D eigenvalue weighted by atomic mass is 19.1. The molecule has 1 aromatic heterocycles. The lowest BCUT2D eigenvalue weighted by Crippen LogP contribution is -2.32. The van der Waals surface area contributed by atoms with E-state index >= 15 is 0 Å². The summed E-state index contributed by atoms with van der Waals surface area (Å²) >= 11 is 0. The molecule has 100 valence electrons. The van der Waals surface area contributed by atoms with Gasteiger partial charge in [-0.3, -0.25) is 9.69 Å². The highest BCUT2D eigenvalue weighted by Gasteiger charge is 2.30. The smallest absolute Gasteiger partial charge is 0.182 e. The van der Waals surface area contributed by atoms with Crippen LogP contribution < -0.4 is 0 Å². The molecule has 1 aromatic carbocycles. The summed E-state index contributed by atoms with van der Waals surface area (Å²) in [4.78, 5) is 17.2. The lowest BCUT2D eigenvalue weighted by Gasteiger charge is -2.17. The third-order valence-electron chi connectivity index (χ3n) is 3.79. The van der Waals surface area contributed by atoms with Crippen LogP contribution in [-0.4, -0.2) is 35.3 Å². The zero-order chi connectivity index (χ0) is 13.6. The summed E-state index contributed by atoms with van der Waals surface area (Å²) in [7, 11) is 1.89. The number of nitrogens with zero attached hydrogens (tertiary/aromatic N) is 1. The van der Waals surface area contributed by atoms with Crippen molar-refractivity contribution in [2.24, 2.45) is 0 Å². The summed E-state index contributed by atoms with van der Waals surface area (Å²) in [5.41, 5.74) is 0.553. The van der Waals surface area contributed by atoms with Gasteiger partial charge in [0.25, 0.3) is 0 Å². The fourth-order valence-corrected chi connectivity index (χ4v) is 2.78. The van der Waals surface area contributed by atoms with E-state index in [0.717, 1.165) is 25.5 Å². The molecule has 1 N–H and O–H groups in total. The number of H-pyrrole nitrogens is 1. The Kier molecular flexibility index (Phi) is 2.86. The monoisotopic (exact) mass is 264 g/mol. The molecule has 1 saturated heterocycles. The van der Waals surface area contributed by atoms with E-state index in [9.17, 15) is 13.6 Å². The molecular formula is C14H14F2N2O. The summed E-state index contributed by atoms with van der Waals surface area (Å²) in [6, 6.07) is 1.83. The van der Waals surface area contributed by atoms with Gasteiger partial charge in [0, 0.05) is 23.2 Å². The van der Waals surface area contributed by atoms with Crippen molar-refractivity contribution in [2.75, 3.05) is 13.6 Å². The Morgan fingerprint density at radius 2 is 2.21 bits per heavy atom. The van der Waals surface area contributed by atoms with Crippen LogP contribution in [0.4, 0.5) is 8.78 Å². The molecule has 2 aromatic rings. The molecule has 1 fully saturated rings. The van der Waals surface area contributed by atoms with Gasteiger partial charge in [0.2, 0.25) is 0 Å². The molecule has 0 saturated carbocycles. The first kappa shape index (κ1) is 12.3. The molecule has 0 aliphatic carbocycles. The molecule has 0 unspecified atom stereocenters. The van der Waals surface area contributed by atoms with Crippen LogP contribution in [0.1, 0.15) is 23.2 Å². The molecule has 2 heterocycles. The van der Waals surface area contributed by atoms with E-state index in [2.05, 4.69) is 4.98 Å². The normalized spacial score (nSPS) is 20.3. The van der Waals surface area contributed by atoms with Crippen LogP contribution in [0.15, 0.2) is 18.3 Å². The van der Waals surface area contributed by atoms with Gasteiger partial charge in [-0.1, -0.05) is 0 Å². The molecule has 19 heavy (non-hydrogen) atoms. The molecule has 0 amide bonds.